The first-order valence-electron chi connectivity index (χ1n) is 5.89. The molecule has 1 aromatic carbocycles. The number of halogens is 2. The molecule has 106 valence electrons. The predicted octanol–water partition coefficient (Wildman–Crippen LogP) is 3.26. The van der Waals surface area contributed by atoms with Gasteiger partial charge in [0.1, 0.15) is 11.8 Å². The molecule has 0 saturated heterocycles. The van der Waals surface area contributed by atoms with Gasteiger partial charge in [0.2, 0.25) is 0 Å². The summed E-state index contributed by atoms with van der Waals surface area (Å²) in [7, 11) is 1.73. The summed E-state index contributed by atoms with van der Waals surface area (Å²) in [6.45, 7) is 0.478. The molecule has 1 amide bonds. The number of carbonyl (C=O) groups is 1. The van der Waals surface area contributed by atoms with Crippen LogP contribution in [0.4, 0.5) is 4.79 Å². The lowest BCUT2D eigenvalue weighted by atomic mass is 10.2. The van der Waals surface area contributed by atoms with E-state index in [9.17, 15) is 4.79 Å². The number of nitrogens with one attached hydrogen (secondary N) is 1. The van der Waals surface area contributed by atoms with Crippen molar-refractivity contribution in [3.05, 3.63) is 51.2 Å². The number of ether oxygens (including phenoxy) is 1. The number of amides is 1. The third kappa shape index (κ3) is 3.74. The van der Waals surface area contributed by atoms with Gasteiger partial charge in [0.15, 0.2) is 0 Å². The Morgan fingerprint density at radius 2 is 2.15 bits per heavy atom. The Balaban J connectivity index is 1.82. The van der Waals surface area contributed by atoms with E-state index in [1.807, 2.05) is 30.3 Å². The van der Waals surface area contributed by atoms with E-state index >= 15 is 0 Å². The number of aromatic nitrogens is 2. The molecule has 2 aromatic rings. The molecule has 0 fully saturated rings. The molecule has 1 aromatic heterocycles. The van der Waals surface area contributed by atoms with Gasteiger partial charge in [-0.1, -0.05) is 41.9 Å². The number of aryl methyl sites for hydroxylation is 1. The molecule has 0 unspecified atom stereocenters. The lowest BCUT2D eigenvalue weighted by Crippen LogP contribution is -2.24. The molecule has 7 heteroatoms. The van der Waals surface area contributed by atoms with Crippen molar-refractivity contribution in [3.63, 3.8) is 0 Å². The van der Waals surface area contributed by atoms with Crippen LogP contribution in [0.1, 0.15) is 11.3 Å². The summed E-state index contributed by atoms with van der Waals surface area (Å²) in [6, 6.07) is 9.48. The Morgan fingerprint density at radius 1 is 1.45 bits per heavy atom. The van der Waals surface area contributed by atoms with Crippen LogP contribution in [0.25, 0.3) is 0 Å². The van der Waals surface area contributed by atoms with E-state index in [1.54, 1.807) is 7.05 Å². The van der Waals surface area contributed by atoms with Gasteiger partial charge in [-0.15, -0.1) is 0 Å². The average molecular weight is 359 g/mol. The maximum atomic E-state index is 11.6. The Hall–Kier alpha value is -1.53. The fourth-order valence-corrected chi connectivity index (χ4v) is 2.20. The normalized spacial score (nSPS) is 10.3. The maximum absolute atomic E-state index is 11.6. The van der Waals surface area contributed by atoms with Crippen LogP contribution in [0.15, 0.2) is 34.8 Å². The molecule has 0 atom stereocenters. The predicted molar refractivity (Wildman–Crippen MR) is 79.4 cm³/mol. The van der Waals surface area contributed by atoms with Crippen LogP contribution in [0.3, 0.4) is 0 Å². The van der Waals surface area contributed by atoms with Crippen molar-refractivity contribution in [2.24, 2.45) is 7.05 Å². The van der Waals surface area contributed by atoms with Gasteiger partial charge in [0, 0.05) is 7.05 Å². The van der Waals surface area contributed by atoms with Crippen LogP contribution >= 0.6 is 27.5 Å². The monoisotopic (exact) mass is 357 g/mol. The zero-order valence-corrected chi connectivity index (χ0v) is 13.1. The molecule has 20 heavy (non-hydrogen) atoms. The van der Waals surface area contributed by atoms with E-state index in [2.05, 4.69) is 26.3 Å². The van der Waals surface area contributed by atoms with Gasteiger partial charge in [-0.3, -0.25) is 4.68 Å². The minimum atomic E-state index is -0.498. The highest BCUT2D eigenvalue weighted by atomic mass is 79.9. The number of alkyl carbamates (subject to hydrolysis) is 1. The smallest absolute Gasteiger partial charge is 0.407 e. The Labute approximate surface area is 130 Å². The van der Waals surface area contributed by atoms with Crippen molar-refractivity contribution >= 4 is 33.6 Å². The molecule has 0 radical (unpaired) electrons. The fraction of sp³-hybridized carbons (Fsp3) is 0.231. The summed E-state index contributed by atoms with van der Waals surface area (Å²) < 4.78 is 7.29. The first kappa shape index (κ1) is 14.9. The van der Waals surface area contributed by atoms with Gasteiger partial charge in [-0.2, -0.15) is 5.10 Å². The van der Waals surface area contributed by atoms with Gasteiger partial charge >= 0.3 is 6.09 Å². The molecule has 5 nitrogen and oxygen atoms in total. The second kappa shape index (κ2) is 6.76. The van der Waals surface area contributed by atoms with Gasteiger partial charge in [-0.05, 0) is 21.5 Å². The van der Waals surface area contributed by atoms with Crippen LogP contribution in [0.5, 0.6) is 0 Å². The fourth-order valence-electron chi connectivity index (χ4n) is 1.57. The summed E-state index contributed by atoms with van der Waals surface area (Å²) in [5.41, 5.74) is 1.58. The minimum Gasteiger partial charge on any atom is -0.445 e. The maximum Gasteiger partial charge on any atom is 0.407 e. The number of nitrogens with zero attached hydrogens (tertiary/aromatic N) is 2. The van der Waals surface area contributed by atoms with E-state index in [0.717, 1.165) is 5.56 Å². The van der Waals surface area contributed by atoms with Gasteiger partial charge in [0.25, 0.3) is 0 Å². The van der Waals surface area contributed by atoms with E-state index in [0.29, 0.717) is 15.3 Å². The SMILES string of the molecule is Cn1nc(CNC(=O)OCc2ccccc2)c(Br)c1Cl. The lowest BCUT2D eigenvalue weighted by molar-refractivity contribution is 0.139. The van der Waals surface area contributed by atoms with Gasteiger partial charge < -0.3 is 10.1 Å². The molecule has 0 saturated carbocycles. The summed E-state index contributed by atoms with van der Waals surface area (Å²) in [5, 5.41) is 7.28. The highest BCUT2D eigenvalue weighted by Gasteiger charge is 2.13. The van der Waals surface area contributed by atoms with E-state index < -0.39 is 6.09 Å². The number of rotatable bonds is 4. The Bertz CT molecular complexity index is 601. The van der Waals surface area contributed by atoms with Gasteiger partial charge in [0.05, 0.1) is 16.7 Å². The molecule has 0 aliphatic rings. The zero-order valence-electron chi connectivity index (χ0n) is 10.8. The molecule has 0 aliphatic heterocycles. The first-order valence-corrected chi connectivity index (χ1v) is 7.06. The average Bonchev–Trinajstić information content (AvgIpc) is 2.71. The minimum absolute atomic E-state index is 0.233. The lowest BCUT2D eigenvalue weighted by Gasteiger charge is -2.06. The Morgan fingerprint density at radius 3 is 2.75 bits per heavy atom. The number of carbonyl (C=O) groups excluding carboxylic acids is 1. The summed E-state index contributed by atoms with van der Waals surface area (Å²) >= 11 is 9.28. The standard InChI is InChI=1S/C13H13BrClN3O2/c1-18-12(15)11(14)10(17-18)7-16-13(19)20-8-9-5-3-2-4-6-9/h2-6H,7-8H2,1H3,(H,16,19). The zero-order chi connectivity index (χ0) is 14.5. The third-order valence-corrected chi connectivity index (χ3v) is 4.10. The molecular weight excluding hydrogens is 346 g/mol. The summed E-state index contributed by atoms with van der Waals surface area (Å²) in [6.07, 6.45) is -0.498. The highest BCUT2D eigenvalue weighted by molar-refractivity contribution is 9.10. The van der Waals surface area contributed by atoms with Crippen LogP contribution in [0.2, 0.25) is 5.15 Å². The molecule has 2 rings (SSSR count). The number of benzene rings is 1. The molecule has 1 heterocycles. The van der Waals surface area contributed by atoms with Crippen LogP contribution < -0.4 is 5.32 Å². The number of hydrogen-bond donors (Lipinski definition) is 1. The Kier molecular flexibility index (Phi) is 5.03. The molecular formula is C13H13BrClN3O2. The van der Waals surface area contributed by atoms with Crippen molar-refractivity contribution in [1.29, 1.82) is 0 Å². The van der Waals surface area contributed by atoms with Crippen LogP contribution in [0, 0.1) is 0 Å². The van der Waals surface area contributed by atoms with Gasteiger partial charge in [-0.25, -0.2) is 4.79 Å². The van der Waals surface area contributed by atoms with Crippen molar-refractivity contribution in [3.8, 4) is 0 Å². The van der Waals surface area contributed by atoms with E-state index in [1.165, 1.54) is 4.68 Å². The van der Waals surface area contributed by atoms with E-state index in [-0.39, 0.29) is 13.2 Å². The van der Waals surface area contributed by atoms with Crippen LogP contribution in [-0.4, -0.2) is 15.9 Å². The van der Waals surface area contributed by atoms with Crippen molar-refractivity contribution in [2.45, 2.75) is 13.2 Å². The van der Waals surface area contributed by atoms with Crippen LogP contribution in [-0.2, 0) is 24.9 Å². The molecule has 0 bridgehead atoms. The quantitative estimate of drug-likeness (QED) is 0.912. The van der Waals surface area contributed by atoms with Crippen molar-refractivity contribution in [2.75, 3.05) is 0 Å². The third-order valence-electron chi connectivity index (χ3n) is 2.60. The molecule has 1 N–H and O–H groups in total. The highest BCUT2D eigenvalue weighted by Crippen LogP contribution is 2.25. The second-order valence-corrected chi connectivity index (χ2v) is 5.24. The van der Waals surface area contributed by atoms with Crippen molar-refractivity contribution in [1.82, 2.24) is 15.1 Å². The second-order valence-electron chi connectivity index (χ2n) is 4.09. The molecule has 0 aliphatic carbocycles. The molecule has 0 spiro atoms. The largest absolute Gasteiger partial charge is 0.445 e. The van der Waals surface area contributed by atoms with Crippen molar-refractivity contribution < 1.29 is 9.53 Å². The van der Waals surface area contributed by atoms with E-state index in [4.69, 9.17) is 16.3 Å². The first-order chi connectivity index (χ1) is 9.58. The number of hydrogen-bond acceptors (Lipinski definition) is 3. The summed E-state index contributed by atoms with van der Waals surface area (Å²) in [4.78, 5) is 11.6. The summed E-state index contributed by atoms with van der Waals surface area (Å²) in [5.74, 6) is 0. The topological polar surface area (TPSA) is 56.2 Å².